The van der Waals surface area contributed by atoms with Gasteiger partial charge in [-0.15, -0.1) is 11.3 Å². The Morgan fingerprint density at radius 1 is 0.427 bits per heavy atom. The first-order valence-corrected chi connectivity index (χ1v) is 28.6. The zero-order chi connectivity index (χ0) is 52.5. The van der Waals surface area contributed by atoms with Crippen LogP contribution in [0, 0.1) is 0 Å². The van der Waals surface area contributed by atoms with Gasteiger partial charge in [-0.1, -0.05) is 188 Å². The van der Waals surface area contributed by atoms with Gasteiger partial charge in [0.05, 0.1) is 5.69 Å². The highest BCUT2D eigenvalue weighted by atomic mass is 32.1. The fourth-order valence-electron chi connectivity index (χ4n) is 14.4. The molecule has 0 amide bonds. The summed E-state index contributed by atoms with van der Waals surface area (Å²) in [5.74, 6) is 0. The molecule has 4 heteroatoms. The lowest BCUT2D eigenvalue weighted by molar-refractivity contribution is 0.332. The maximum Gasteiger partial charge on any atom is 0.252 e. The maximum atomic E-state index is 2.73. The van der Waals surface area contributed by atoms with Crippen LogP contribution in [0.15, 0.2) is 152 Å². The number of nitrogens with zero attached hydrogens (tertiary/aromatic N) is 2. The normalized spacial score (nSPS) is 17.7. The molecule has 4 aliphatic rings. The van der Waals surface area contributed by atoms with Crippen LogP contribution in [0.2, 0.25) is 0 Å². The van der Waals surface area contributed by atoms with Crippen LogP contribution in [0.25, 0.3) is 42.4 Å². The minimum Gasteiger partial charge on any atom is -0.311 e. The average molecular weight is 997 g/mol. The Labute approximate surface area is 451 Å². The SMILES string of the molecule is CC(C)(C)c1ccc(N2c3ccc(-c4cccc5sc6ccccc6c45)cc3B3c4cc5c(cc4N(c4ccc6c(c4)C(C)(C)CC6(C)C)c4cc(C(C)(C)C)cc2c43)C(C)(C)CCC5(C)C)c(-c2ccccc2)c1. The highest BCUT2D eigenvalue weighted by molar-refractivity contribution is 7.26. The summed E-state index contributed by atoms with van der Waals surface area (Å²) in [5.41, 5.74) is 25.4. The van der Waals surface area contributed by atoms with Crippen molar-refractivity contribution in [2.75, 3.05) is 9.80 Å². The first kappa shape index (κ1) is 48.3. The Kier molecular flexibility index (Phi) is 10.4. The van der Waals surface area contributed by atoms with Crippen molar-refractivity contribution in [2.45, 2.75) is 149 Å². The summed E-state index contributed by atoms with van der Waals surface area (Å²) < 4.78 is 2.66. The summed E-state index contributed by atoms with van der Waals surface area (Å²) in [6, 6.07) is 60.0. The van der Waals surface area contributed by atoms with E-state index >= 15 is 0 Å². The monoisotopic (exact) mass is 997 g/mol. The number of hydrogen-bond donors (Lipinski definition) is 0. The van der Waals surface area contributed by atoms with Crippen LogP contribution < -0.4 is 26.2 Å². The predicted molar refractivity (Wildman–Crippen MR) is 328 cm³/mol. The molecule has 9 aromatic rings. The lowest BCUT2D eigenvalue weighted by atomic mass is 9.33. The van der Waals surface area contributed by atoms with Gasteiger partial charge in [0.2, 0.25) is 0 Å². The van der Waals surface area contributed by atoms with Crippen molar-refractivity contribution in [2.24, 2.45) is 0 Å². The van der Waals surface area contributed by atoms with Crippen LogP contribution in [0.3, 0.4) is 0 Å². The summed E-state index contributed by atoms with van der Waals surface area (Å²) in [6.45, 7) is 34.0. The van der Waals surface area contributed by atoms with Gasteiger partial charge in [-0.25, -0.2) is 0 Å². The molecular formula is C71H73BN2S. The van der Waals surface area contributed by atoms with Crippen molar-refractivity contribution in [3.05, 3.63) is 185 Å². The Morgan fingerprint density at radius 3 is 1.76 bits per heavy atom. The van der Waals surface area contributed by atoms with Crippen molar-refractivity contribution < 1.29 is 0 Å². The van der Waals surface area contributed by atoms with Gasteiger partial charge in [0, 0.05) is 54.2 Å². The molecule has 2 aliphatic carbocycles. The second-order valence-electron chi connectivity index (χ2n) is 27.6. The van der Waals surface area contributed by atoms with Crippen LogP contribution in [0.4, 0.5) is 34.1 Å². The van der Waals surface area contributed by atoms with E-state index in [0.717, 1.165) is 19.3 Å². The van der Waals surface area contributed by atoms with Gasteiger partial charge in [-0.3, -0.25) is 0 Å². The standard InChI is InChI=1S/C71H73BN2S/c1-66(2,3)45-28-32-57(50(36-45)43-21-16-15-17-22-43)74-58-31-27-44(48-24-20-26-63-64(48)49-23-18-19-25-62(49)75-63)35-55(58)72-56-40-53-54(69(9,10)34-33-68(53,7)8)41-59(56)73(60-37-46(67(4,5)6)38-61(74)65(60)72)47-29-30-51-52(39-47)71(13,14)42-70(51,11)12/h15-32,35-41H,33-34,42H2,1-14H3. The van der Waals surface area contributed by atoms with Gasteiger partial charge in [-0.2, -0.15) is 0 Å². The minimum absolute atomic E-state index is 0.0213. The van der Waals surface area contributed by atoms with E-state index in [1.54, 1.807) is 0 Å². The second kappa shape index (κ2) is 16.1. The maximum absolute atomic E-state index is 2.73. The smallest absolute Gasteiger partial charge is 0.252 e. The lowest BCUT2D eigenvalue weighted by Crippen LogP contribution is -2.62. The minimum atomic E-state index is -0.144. The van der Waals surface area contributed by atoms with E-state index in [1.165, 1.54) is 126 Å². The summed E-state index contributed by atoms with van der Waals surface area (Å²) in [4.78, 5) is 5.41. The van der Waals surface area contributed by atoms with E-state index in [4.69, 9.17) is 0 Å². The number of fused-ring (bicyclic) bond motifs is 9. The summed E-state index contributed by atoms with van der Waals surface area (Å²) in [7, 11) is 0. The fraction of sp³-hybridized carbons (Fsp3) is 0.324. The third-order valence-electron chi connectivity index (χ3n) is 18.4. The molecule has 0 radical (unpaired) electrons. The number of rotatable bonds is 4. The molecule has 0 fully saturated rings. The molecule has 0 N–H and O–H groups in total. The number of hydrogen-bond acceptors (Lipinski definition) is 3. The summed E-state index contributed by atoms with van der Waals surface area (Å²) in [6.07, 6.45) is 3.45. The van der Waals surface area contributed by atoms with Gasteiger partial charge in [-0.05, 0) is 179 Å². The molecule has 0 atom stereocenters. The predicted octanol–water partition coefficient (Wildman–Crippen LogP) is 18.4. The van der Waals surface area contributed by atoms with E-state index in [9.17, 15) is 0 Å². The van der Waals surface area contributed by atoms with Crippen LogP contribution in [-0.2, 0) is 32.5 Å². The third kappa shape index (κ3) is 7.39. The summed E-state index contributed by atoms with van der Waals surface area (Å²) >= 11 is 1.90. The molecule has 13 rings (SSSR count). The molecule has 376 valence electrons. The first-order chi connectivity index (χ1) is 35.4. The van der Waals surface area contributed by atoms with Gasteiger partial charge in [0.25, 0.3) is 6.71 Å². The van der Waals surface area contributed by atoms with Crippen molar-refractivity contribution in [3.63, 3.8) is 0 Å². The number of thiophene rings is 1. The van der Waals surface area contributed by atoms with E-state index in [-0.39, 0.29) is 39.2 Å². The first-order valence-electron chi connectivity index (χ1n) is 27.8. The highest BCUT2D eigenvalue weighted by Crippen LogP contribution is 2.55. The van der Waals surface area contributed by atoms with Crippen LogP contribution >= 0.6 is 11.3 Å². The molecule has 0 saturated carbocycles. The van der Waals surface area contributed by atoms with Crippen molar-refractivity contribution >= 4 is 88.7 Å². The molecule has 2 nitrogen and oxygen atoms in total. The molecular weight excluding hydrogens is 924 g/mol. The molecule has 2 aliphatic heterocycles. The van der Waals surface area contributed by atoms with Crippen LogP contribution in [-0.4, -0.2) is 6.71 Å². The van der Waals surface area contributed by atoms with E-state index in [1.807, 2.05) is 11.3 Å². The number of benzene rings is 8. The molecule has 0 spiro atoms. The van der Waals surface area contributed by atoms with Crippen molar-refractivity contribution in [1.29, 1.82) is 0 Å². The molecule has 1 aromatic heterocycles. The lowest BCUT2D eigenvalue weighted by Gasteiger charge is -2.48. The van der Waals surface area contributed by atoms with E-state index < -0.39 is 0 Å². The van der Waals surface area contributed by atoms with E-state index in [2.05, 4.69) is 258 Å². The zero-order valence-electron chi connectivity index (χ0n) is 46.9. The molecule has 0 saturated heterocycles. The molecule has 75 heavy (non-hydrogen) atoms. The Balaban J connectivity index is 1.18. The number of anilines is 6. The van der Waals surface area contributed by atoms with Crippen LogP contribution in [0.5, 0.6) is 0 Å². The topological polar surface area (TPSA) is 6.48 Å². The molecule has 8 aromatic carbocycles. The van der Waals surface area contributed by atoms with Gasteiger partial charge in [0.1, 0.15) is 0 Å². The van der Waals surface area contributed by atoms with E-state index in [0.29, 0.717) is 0 Å². The summed E-state index contributed by atoms with van der Waals surface area (Å²) in [5, 5.41) is 2.68. The van der Waals surface area contributed by atoms with Gasteiger partial charge >= 0.3 is 0 Å². The second-order valence-corrected chi connectivity index (χ2v) is 28.7. The fourth-order valence-corrected chi connectivity index (χ4v) is 15.5. The Morgan fingerprint density at radius 2 is 1.04 bits per heavy atom. The molecule has 3 heterocycles. The van der Waals surface area contributed by atoms with Crippen LogP contribution in [0.1, 0.15) is 150 Å². The van der Waals surface area contributed by atoms with Crippen molar-refractivity contribution in [1.82, 2.24) is 0 Å². The average Bonchev–Trinajstić information content (AvgIpc) is 3.85. The quantitative estimate of drug-likeness (QED) is 0.162. The van der Waals surface area contributed by atoms with Crippen molar-refractivity contribution in [3.8, 4) is 22.3 Å². The highest BCUT2D eigenvalue weighted by Gasteiger charge is 2.48. The Bertz CT molecular complexity index is 3850. The van der Waals surface area contributed by atoms with Gasteiger partial charge in [0.15, 0.2) is 0 Å². The third-order valence-corrected chi connectivity index (χ3v) is 19.5. The van der Waals surface area contributed by atoms with Gasteiger partial charge < -0.3 is 9.80 Å². The molecule has 0 unspecified atom stereocenters. The zero-order valence-corrected chi connectivity index (χ0v) is 47.8. The largest absolute Gasteiger partial charge is 0.311 e. The molecule has 0 bridgehead atoms. The Hall–Kier alpha value is -6.36.